The first-order chi connectivity index (χ1) is 10.6. The van der Waals surface area contributed by atoms with E-state index in [0.717, 1.165) is 44.9 Å². The minimum absolute atomic E-state index is 0.00536. The van der Waals surface area contributed by atoms with E-state index in [4.69, 9.17) is 11.6 Å². The molecule has 1 amide bonds. The average Bonchev–Trinajstić information content (AvgIpc) is 2.94. The summed E-state index contributed by atoms with van der Waals surface area (Å²) >= 11 is 5.82. The lowest BCUT2D eigenvalue weighted by Crippen LogP contribution is -2.40. The number of halogens is 3. The van der Waals surface area contributed by atoms with Crippen LogP contribution in [0.25, 0.3) is 0 Å². The summed E-state index contributed by atoms with van der Waals surface area (Å²) in [5.41, 5.74) is -0.0768. The molecule has 120 valence electrons. The second kappa shape index (κ2) is 6.53. The van der Waals surface area contributed by atoms with Crippen LogP contribution in [0.2, 0.25) is 5.02 Å². The molecule has 1 N–H and O–H groups in total. The first kappa shape index (κ1) is 15.7. The summed E-state index contributed by atoms with van der Waals surface area (Å²) in [6, 6.07) is 1.78. The van der Waals surface area contributed by atoms with Gasteiger partial charge in [-0.25, -0.2) is 8.78 Å². The van der Waals surface area contributed by atoms with Crippen molar-refractivity contribution in [3.05, 3.63) is 34.4 Å². The third kappa shape index (κ3) is 2.98. The van der Waals surface area contributed by atoms with Crippen LogP contribution in [0.15, 0.2) is 12.1 Å². The molecule has 2 aliphatic rings. The normalized spacial score (nSPS) is 20.7. The van der Waals surface area contributed by atoms with Crippen molar-refractivity contribution in [1.29, 1.82) is 0 Å². The molecule has 1 unspecified atom stereocenters. The highest BCUT2D eigenvalue weighted by Crippen LogP contribution is 2.39. The Balaban J connectivity index is 1.90. The lowest BCUT2D eigenvalue weighted by atomic mass is 9.83. The summed E-state index contributed by atoms with van der Waals surface area (Å²) in [6.07, 6.45) is 6.59. The molecule has 1 aromatic rings. The van der Waals surface area contributed by atoms with Gasteiger partial charge in [-0.1, -0.05) is 30.9 Å². The zero-order chi connectivity index (χ0) is 15.7. The van der Waals surface area contributed by atoms with Gasteiger partial charge in [-0.3, -0.25) is 4.79 Å². The van der Waals surface area contributed by atoms with Gasteiger partial charge in [-0.2, -0.15) is 0 Å². The fraction of sp³-hybridized carbons (Fsp3) is 0.588. The highest BCUT2D eigenvalue weighted by molar-refractivity contribution is 6.30. The number of amides is 1. The van der Waals surface area contributed by atoms with Gasteiger partial charge in [-0.15, -0.1) is 0 Å². The molecule has 0 bridgehead atoms. The van der Waals surface area contributed by atoms with Gasteiger partial charge in [0.15, 0.2) is 0 Å². The predicted octanol–water partition coefficient (Wildman–Crippen LogP) is 4.77. The van der Waals surface area contributed by atoms with Crippen LogP contribution in [-0.2, 0) is 4.79 Å². The van der Waals surface area contributed by atoms with Crippen molar-refractivity contribution in [3.63, 3.8) is 0 Å². The van der Waals surface area contributed by atoms with Gasteiger partial charge in [0.25, 0.3) is 0 Å². The number of carbonyl (C=O) groups is 1. The molecule has 3 rings (SSSR count). The molecule has 0 aliphatic heterocycles. The van der Waals surface area contributed by atoms with Gasteiger partial charge in [-0.05, 0) is 43.7 Å². The van der Waals surface area contributed by atoms with Crippen LogP contribution in [0.5, 0.6) is 0 Å². The topological polar surface area (TPSA) is 29.1 Å². The molecule has 0 aromatic heterocycles. The summed E-state index contributed by atoms with van der Waals surface area (Å²) in [5.74, 6) is -1.39. The fourth-order valence-electron chi connectivity index (χ4n) is 3.49. The highest BCUT2D eigenvalue weighted by atomic mass is 35.5. The minimum Gasteiger partial charge on any atom is -0.349 e. The summed E-state index contributed by atoms with van der Waals surface area (Å²) in [4.78, 5) is 12.3. The third-order valence-corrected chi connectivity index (χ3v) is 5.33. The van der Waals surface area contributed by atoms with E-state index in [1.165, 1.54) is 12.1 Å². The smallest absolute Gasteiger partial charge is 0.223 e. The highest BCUT2D eigenvalue weighted by Gasteiger charge is 2.35. The van der Waals surface area contributed by atoms with Gasteiger partial charge in [0.05, 0.1) is 11.1 Å². The number of benzene rings is 1. The van der Waals surface area contributed by atoms with E-state index in [9.17, 15) is 13.6 Å². The van der Waals surface area contributed by atoms with E-state index >= 15 is 0 Å². The Bertz CT molecular complexity index is 568. The average molecular weight is 328 g/mol. The summed E-state index contributed by atoms with van der Waals surface area (Å²) in [7, 11) is 0. The molecule has 2 nitrogen and oxygen atoms in total. The molecular formula is C17H20ClF2NO. The van der Waals surface area contributed by atoms with Crippen LogP contribution in [0.3, 0.4) is 0 Å². The Morgan fingerprint density at radius 1 is 1.14 bits per heavy atom. The van der Waals surface area contributed by atoms with E-state index in [2.05, 4.69) is 5.32 Å². The second-order valence-electron chi connectivity index (χ2n) is 6.42. The first-order valence-electron chi connectivity index (χ1n) is 8.01. The standard InChI is InChI=1S/C17H20ClF2NO/c18-12-8-9-13(19)14(15(12)20)16(10-4-1-2-5-10)21-17(22)11-6-3-7-11/h8-11,16H,1-7H2,(H,21,22). The summed E-state index contributed by atoms with van der Waals surface area (Å²) in [6.45, 7) is 0. The van der Waals surface area contributed by atoms with Crippen molar-refractivity contribution in [3.8, 4) is 0 Å². The van der Waals surface area contributed by atoms with Crippen molar-refractivity contribution >= 4 is 17.5 Å². The number of nitrogens with one attached hydrogen (secondary N) is 1. The molecule has 2 aliphatic carbocycles. The molecule has 2 saturated carbocycles. The minimum atomic E-state index is -0.743. The predicted molar refractivity (Wildman–Crippen MR) is 81.6 cm³/mol. The van der Waals surface area contributed by atoms with Crippen LogP contribution in [0, 0.1) is 23.5 Å². The van der Waals surface area contributed by atoms with E-state index < -0.39 is 17.7 Å². The second-order valence-corrected chi connectivity index (χ2v) is 6.82. The van der Waals surface area contributed by atoms with Crippen LogP contribution < -0.4 is 5.32 Å². The molecule has 22 heavy (non-hydrogen) atoms. The summed E-state index contributed by atoms with van der Waals surface area (Å²) < 4.78 is 28.6. The number of hydrogen-bond donors (Lipinski definition) is 1. The van der Waals surface area contributed by atoms with Crippen molar-refractivity contribution < 1.29 is 13.6 Å². The number of carbonyl (C=O) groups excluding carboxylic acids is 1. The summed E-state index contributed by atoms with van der Waals surface area (Å²) in [5, 5.41) is 2.81. The monoisotopic (exact) mass is 327 g/mol. The largest absolute Gasteiger partial charge is 0.349 e. The number of hydrogen-bond acceptors (Lipinski definition) is 1. The molecule has 0 heterocycles. The van der Waals surface area contributed by atoms with E-state index in [1.54, 1.807) is 0 Å². The van der Waals surface area contributed by atoms with Gasteiger partial charge in [0.1, 0.15) is 11.6 Å². The Hall–Kier alpha value is -1.16. The Morgan fingerprint density at radius 2 is 1.82 bits per heavy atom. The Labute approximate surface area is 134 Å². The van der Waals surface area contributed by atoms with Gasteiger partial charge < -0.3 is 5.32 Å². The van der Waals surface area contributed by atoms with E-state index in [-0.39, 0.29) is 28.3 Å². The van der Waals surface area contributed by atoms with Gasteiger partial charge in [0.2, 0.25) is 5.91 Å². The first-order valence-corrected chi connectivity index (χ1v) is 8.39. The zero-order valence-corrected chi connectivity index (χ0v) is 13.1. The molecule has 2 fully saturated rings. The lowest BCUT2D eigenvalue weighted by Gasteiger charge is -2.31. The van der Waals surface area contributed by atoms with Crippen molar-refractivity contribution in [2.45, 2.75) is 51.0 Å². The zero-order valence-electron chi connectivity index (χ0n) is 12.4. The van der Waals surface area contributed by atoms with E-state index in [0.29, 0.717) is 0 Å². The van der Waals surface area contributed by atoms with Crippen LogP contribution in [0.4, 0.5) is 8.78 Å². The maximum absolute atomic E-state index is 14.4. The molecule has 0 saturated heterocycles. The molecular weight excluding hydrogens is 308 g/mol. The maximum Gasteiger partial charge on any atom is 0.223 e. The maximum atomic E-state index is 14.4. The molecule has 1 aromatic carbocycles. The molecule has 5 heteroatoms. The fourth-order valence-corrected chi connectivity index (χ4v) is 3.65. The molecule has 0 radical (unpaired) electrons. The van der Waals surface area contributed by atoms with Gasteiger partial charge >= 0.3 is 0 Å². The van der Waals surface area contributed by atoms with Crippen LogP contribution in [0.1, 0.15) is 56.6 Å². The van der Waals surface area contributed by atoms with E-state index in [1.807, 2.05) is 0 Å². The molecule has 0 spiro atoms. The molecule has 1 atom stereocenters. The number of rotatable bonds is 4. The van der Waals surface area contributed by atoms with Crippen molar-refractivity contribution in [2.75, 3.05) is 0 Å². The quantitative estimate of drug-likeness (QED) is 0.793. The lowest BCUT2D eigenvalue weighted by molar-refractivity contribution is -0.128. The van der Waals surface area contributed by atoms with Crippen LogP contribution in [-0.4, -0.2) is 5.91 Å². The third-order valence-electron chi connectivity index (χ3n) is 5.04. The van der Waals surface area contributed by atoms with Gasteiger partial charge in [0, 0.05) is 11.5 Å². The Kier molecular flexibility index (Phi) is 4.67. The van der Waals surface area contributed by atoms with Crippen molar-refractivity contribution in [2.24, 2.45) is 11.8 Å². The van der Waals surface area contributed by atoms with Crippen LogP contribution >= 0.6 is 11.6 Å². The Morgan fingerprint density at radius 3 is 2.41 bits per heavy atom. The van der Waals surface area contributed by atoms with Crippen molar-refractivity contribution in [1.82, 2.24) is 5.32 Å². The SMILES string of the molecule is O=C(NC(c1c(F)ccc(Cl)c1F)C1CCCC1)C1CCC1.